The Hall–Kier alpha value is -2.87. The molecule has 0 fully saturated rings. The third-order valence-electron chi connectivity index (χ3n) is 3.61. The predicted molar refractivity (Wildman–Crippen MR) is 99.1 cm³/mol. The number of rotatable bonds is 6. The van der Waals surface area contributed by atoms with Crippen LogP contribution in [0.3, 0.4) is 0 Å². The van der Waals surface area contributed by atoms with E-state index in [0.717, 1.165) is 5.56 Å². The molecule has 7 nitrogen and oxygen atoms in total. The Morgan fingerprint density at radius 3 is 2.46 bits per heavy atom. The van der Waals surface area contributed by atoms with Crippen LogP contribution in [0.2, 0.25) is 0 Å². The van der Waals surface area contributed by atoms with Crippen LogP contribution in [0.4, 0.5) is 0 Å². The van der Waals surface area contributed by atoms with Crippen molar-refractivity contribution in [1.29, 1.82) is 0 Å². The predicted octanol–water partition coefficient (Wildman–Crippen LogP) is 1.85. The summed E-state index contributed by atoms with van der Waals surface area (Å²) in [4.78, 5) is 23.8. The summed E-state index contributed by atoms with van der Waals surface area (Å²) < 4.78 is 10.1. The Kier molecular flexibility index (Phi) is 6.35. The summed E-state index contributed by atoms with van der Waals surface area (Å²) in [6.45, 7) is 6.58. The standard InChI is InChI=1S/C18H20N2O5S/c1-10(2)16(22)24-8-9-25-17(23)14-11(3)19-18(26)20-15(14)12-4-6-13(21)7-5-12/h4-7,15,21H,1,8-9H2,2-3H3,(H2,19,20,26). The molecule has 0 aliphatic carbocycles. The van der Waals surface area contributed by atoms with Crippen LogP contribution in [0.5, 0.6) is 5.75 Å². The molecule has 0 aromatic heterocycles. The maximum atomic E-state index is 12.5. The van der Waals surface area contributed by atoms with Crippen LogP contribution in [0.15, 0.2) is 47.7 Å². The number of esters is 2. The first-order valence-corrected chi connectivity index (χ1v) is 8.27. The van der Waals surface area contributed by atoms with Crippen molar-refractivity contribution < 1.29 is 24.2 Å². The van der Waals surface area contributed by atoms with Gasteiger partial charge in [0.25, 0.3) is 0 Å². The smallest absolute Gasteiger partial charge is 0.338 e. The number of phenols is 1. The van der Waals surface area contributed by atoms with Gasteiger partial charge in [-0.05, 0) is 43.8 Å². The van der Waals surface area contributed by atoms with Gasteiger partial charge < -0.3 is 25.2 Å². The highest BCUT2D eigenvalue weighted by atomic mass is 32.1. The fraction of sp³-hybridized carbons (Fsp3) is 0.278. The van der Waals surface area contributed by atoms with Gasteiger partial charge in [-0.3, -0.25) is 0 Å². The van der Waals surface area contributed by atoms with E-state index < -0.39 is 18.0 Å². The molecule has 26 heavy (non-hydrogen) atoms. The normalized spacial score (nSPS) is 16.4. The minimum absolute atomic E-state index is 0.0626. The second kappa shape index (κ2) is 8.48. The molecule has 1 aliphatic heterocycles. The number of ether oxygens (including phenoxy) is 2. The average Bonchev–Trinajstić information content (AvgIpc) is 2.58. The lowest BCUT2D eigenvalue weighted by molar-refractivity contribution is -0.147. The summed E-state index contributed by atoms with van der Waals surface area (Å²) in [5, 5.41) is 15.8. The Balaban J connectivity index is 2.09. The molecule has 0 amide bonds. The summed E-state index contributed by atoms with van der Waals surface area (Å²) in [5.74, 6) is -0.978. The number of carbonyl (C=O) groups is 2. The Morgan fingerprint density at radius 1 is 1.23 bits per heavy atom. The lowest BCUT2D eigenvalue weighted by Crippen LogP contribution is -2.45. The molecule has 0 saturated heterocycles. The fourth-order valence-electron chi connectivity index (χ4n) is 2.35. The van der Waals surface area contributed by atoms with Crippen LogP contribution in [0.25, 0.3) is 0 Å². The molecule has 1 unspecified atom stereocenters. The maximum absolute atomic E-state index is 12.5. The molecule has 0 spiro atoms. The highest BCUT2D eigenvalue weighted by Gasteiger charge is 2.30. The number of aromatic hydroxyl groups is 1. The van der Waals surface area contributed by atoms with Gasteiger partial charge in [0.05, 0.1) is 11.6 Å². The van der Waals surface area contributed by atoms with Gasteiger partial charge in [-0.25, -0.2) is 9.59 Å². The molecule has 0 saturated carbocycles. The second-order valence-electron chi connectivity index (χ2n) is 5.71. The molecule has 2 rings (SSSR count). The van der Waals surface area contributed by atoms with Crippen LogP contribution in [-0.4, -0.2) is 35.4 Å². The number of thiocarbonyl (C=S) groups is 1. The van der Waals surface area contributed by atoms with E-state index in [-0.39, 0.29) is 24.5 Å². The molecule has 0 bridgehead atoms. The van der Waals surface area contributed by atoms with Crippen molar-refractivity contribution in [2.45, 2.75) is 19.9 Å². The van der Waals surface area contributed by atoms with E-state index >= 15 is 0 Å². The zero-order valence-corrected chi connectivity index (χ0v) is 15.3. The van der Waals surface area contributed by atoms with E-state index in [1.165, 1.54) is 19.1 Å². The molecule has 1 aromatic carbocycles. The van der Waals surface area contributed by atoms with Gasteiger partial charge in [0.1, 0.15) is 19.0 Å². The fourth-order valence-corrected chi connectivity index (χ4v) is 2.62. The van der Waals surface area contributed by atoms with E-state index in [0.29, 0.717) is 16.4 Å². The number of allylic oxidation sites excluding steroid dienone is 1. The van der Waals surface area contributed by atoms with Gasteiger partial charge in [-0.1, -0.05) is 18.7 Å². The number of benzene rings is 1. The first kappa shape index (κ1) is 19.5. The minimum Gasteiger partial charge on any atom is -0.508 e. The number of nitrogens with one attached hydrogen (secondary N) is 2. The summed E-state index contributed by atoms with van der Waals surface area (Å²) in [7, 11) is 0. The van der Waals surface area contributed by atoms with Crippen LogP contribution in [0.1, 0.15) is 25.5 Å². The highest BCUT2D eigenvalue weighted by Crippen LogP contribution is 2.28. The second-order valence-corrected chi connectivity index (χ2v) is 6.12. The molecule has 1 aliphatic rings. The van der Waals surface area contributed by atoms with Crippen LogP contribution in [0, 0.1) is 0 Å². The van der Waals surface area contributed by atoms with E-state index in [9.17, 15) is 14.7 Å². The van der Waals surface area contributed by atoms with E-state index in [4.69, 9.17) is 21.7 Å². The SMILES string of the molecule is C=C(C)C(=O)OCCOC(=O)C1=C(C)NC(=S)NC1c1ccc(O)cc1. The van der Waals surface area contributed by atoms with E-state index in [2.05, 4.69) is 17.2 Å². The lowest BCUT2D eigenvalue weighted by atomic mass is 9.95. The van der Waals surface area contributed by atoms with Crippen molar-refractivity contribution in [3.8, 4) is 5.75 Å². The number of carbonyl (C=O) groups excluding carboxylic acids is 2. The monoisotopic (exact) mass is 376 g/mol. The molecule has 3 N–H and O–H groups in total. The van der Waals surface area contributed by atoms with Crippen molar-refractivity contribution in [2.24, 2.45) is 0 Å². The molecule has 0 radical (unpaired) electrons. The molecule has 1 heterocycles. The summed E-state index contributed by atoms with van der Waals surface area (Å²) >= 11 is 5.16. The Labute approximate surface area is 156 Å². The molecule has 138 valence electrons. The Morgan fingerprint density at radius 2 is 1.85 bits per heavy atom. The van der Waals surface area contributed by atoms with E-state index in [1.807, 2.05) is 0 Å². The summed E-state index contributed by atoms with van der Waals surface area (Å²) in [5.41, 5.74) is 1.94. The first-order chi connectivity index (χ1) is 12.3. The quantitative estimate of drug-likeness (QED) is 0.300. The number of hydrogen-bond donors (Lipinski definition) is 3. The number of phenolic OH excluding ortho intramolecular Hbond substituents is 1. The highest BCUT2D eigenvalue weighted by molar-refractivity contribution is 7.80. The molecular weight excluding hydrogens is 356 g/mol. The first-order valence-electron chi connectivity index (χ1n) is 7.86. The molecular formula is C18H20N2O5S. The van der Waals surface area contributed by atoms with Crippen LogP contribution < -0.4 is 10.6 Å². The van der Waals surface area contributed by atoms with Crippen molar-refractivity contribution in [3.05, 3.63) is 53.3 Å². The van der Waals surface area contributed by atoms with Crippen molar-refractivity contribution >= 4 is 29.3 Å². The van der Waals surface area contributed by atoms with Crippen molar-refractivity contribution in [2.75, 3.05) is 13.2 Å². The maximum Gasteiger partial charge on any atom is 0.338 e. The average molecular weight is 376 g/mol. The van der Waals surface area contributed by atoms with Gasteiger partial charge in [0.2, 0.25) is 0 Å². The van der Waals surface area contributed by atoms with Gasteiger partial charge >= 0.3 is 11.9 Å². The molecule has 1 atom stereocenters. The van der Waals surface area contributed by atoms with Crippen LogP contribution in [-0.2, 0) is 19.1 Å². The van der Waals surface area contributed by atoms with E-state index in [1.54, 1.807) is 19.1 Å². The number of hydrogen-bond acceptors (Lipinski definition) is 6. The van der Waals surface area contributed by atoms with Gasteiger partial charge in [0.15, 0.2) is 5.11 Å². The summed E-state index contributed by atoms with van der Waals surface area (Å²) in [6.07, 6.45) is 0. The van der Waals surface area contributed by atoms with Gasteiger partial charge in [-0.2, -0.15) is 0 Å². The molecule has 1 aromatic rings. The summed E-state index contributed by atoms with van der Waals surface area (Å²) in [6, 6.07) is 5.91. The van der Waals surface area contributed by atoms with Gasteiger partial charge in [-0.15, -0.1) is 0 Å². The van der Waals surface area contributed by atoms with Gasteiger partial charge in [0, 0.05) is 11.3 Å². The van der Waals surface area contributed by atoms with Crippen molar-refractivity contribution in [3.63, 3.8) is 0 Å². The van der Waals surface area contributed by atoms with Crippen LogP contribution >= 0.6 is 12.2 Å². The lowest BCUT2D eigenvalue weighted by Gasteiger charge is -2.29. The molecule has 8 heteroatoms. The third kappa shape index (κ3) is 4.82. The zero-order valence-electron chi connectivity index (χ0n) is 14.5. The third-order valence-corrected chi connectivity index (χ3v) is 3.83. The largest absolute Gasteiger partial charge is 0.508 e. The topological polar surface area (TPSA) is 96.9 Å². The zero-order chi connectivity index (χ0) is 19.3. The van der Waals surface area contributed by atoms with Crippen molar-refractivity contribution in [1.82, 2.24) is 10.6 Å². The minimum atomic E-state index is -0.561. The Bertz CT molecular complexity index is 770.